The molecular weight excluding hydrogens is 377 g/mol. The Morgan fingerprint density at radius 2 is 1.36 bits per heavy atom. The summed E-state index contributed by atoms with van der Waals surface area (Å²) in [5.74, 6) is 0.569. The summed E-state index contributed by atoms with van der Waals surface area (Å²) in [6.45, 7) is 6.07. The quantitative estimate of drug-likeness (QED) is 0.544. The number of rotatable bonds is 8. The van der Waals surface area contributed by atoms with E-state index in [4.69, 9.17) is 13.3 Å². The molecule has 5 heteroatoms. The first-order valence-electron chi connectivity index (χ1n) is 8.68. The van der Waals surface area contributed by atoms with Gasteiger partial charge in [-0.15, -0.1) is 0 Å². The summed E-state index contributed by atoms with van der Waals surface area (Å²) in [6.07, 6.45) is 6.49. The van der Waals surface area contributed by atoms with Crippen LogP contribution in [0.5, 0.6) is 0 Å². The molecule has 0 spiro atoms. The van der Waals surface area contributed by atoms with Crippen molar-refractivity contribution in [1.29, 1.82) is 0 Å². The van der Waals surface area contributed by atoms with E-state index in [1.807, 2.05) is 36.4 Å². The Hall–Kier alpha value is -1.95. The molecule has 0 aliphatic carbocycles. The van der Waals surface area contributed by atoms with Gasteiger partial charge in [0.2, 0.25) is 0 Å². The molecule has 0 aliphatic heterocycles. The summed E-state index contributed by atoms with van der Waals surface area (Å²) in [6, 6.07) is 11.9. The molecule has 25 heavy (non-hydrogen) atoms. The molecule has 0 bridgehead atoms. The molecule has 0 saturated heterocycles. The van der Waals surface area contributed by atoms with E-state index in [2.05, 4.69) is 13.8 Å². The van der Waals surface area contributed by atoms with Gasteiger partial charge in [-0.2, -0.15) is 0 Å². The van der Waals surface area contributed by atoms with Crippen LogP contribution >= 0.6 is 0 Å². The summed E-state index contributed by atoms with van der Waals surface area (Å²) in [5.41, 5.74) is 0. The first-order chi connectivity index (χ1) is 12.1. The van der Waals surface area contributed by atoms with Crippen molar-refractivity contribution in [3.05, 3.63) is 55.2 Å². The minimum atomic E-state index is -3.37. The molecule has 0 fully saturated rings. The molecule has 4 nitrogen and oxygen atoms in total. The van der Waals surface area contributed by atoms with Crippen LogP contribution < -0.4 is 13.8 Å². The first-order valence-corrected chi connectivity index (χ1v) is 13.0. The molecule has 3 rings (SSSR count). The van der Waals surface area contributed by atoms with Crippen LogP contribution in [0.15, 0.2) is 68.4 Å². The predicted octanol–water partition coefficient (Wildman–Crippen LogP) is 3.33. The summed E-state index contributed by atoms with van der Waals surface area (Å²) < 4.78 is 21.0. The van der Waals surface area contributed by atoms with Crippen molar-refractivity contribution in [2.24, 2.45) is 5.92 Å². The van der Waals surface area contributed by atoms with E-state index < -0.39 is 13.3 Å². The molecule has 0 aliphatic rings. The number of furan rings is 3. The zero-order valence-electron chi connectivity index (χ0n) is 14.9. The third-order valence-electron chi connectivity index (χ3n) is 4.90. The van der Waals surface area contributed by atoms with Gasteiger partial charge < -0.3 is 0 Å². The van der Waals surface area contributed by atoms with Gasteiger partial charge in [0.05, 0.1) is 0 Å². The Kier molecular flexibility index (Phi) is 5.37. The molecule has 0 saturated carbocycles. The zero-order chi connectivity index (χ0) is 17.9. The maximum atomic E-state index is 11.7. The number of Topliss-reactive ketones (excluding diaryl/α,β-unsaturated/α-hetero) is 1. The van der Waals surface area contributed by atoms with E-state index >= 15 is 0 Å². The van der Waals surface area contributed by atoms with Crippen LogP contribution in [0.25, 0.3) is 0 Å². The molecule has 3 aromatic heterocycles. The van der Waals surface area contributed by atoms with Crippen LogP contribution in [-0.2, 0) is 4.79 Å². The molecule has 1 unspecified atom stereocenters. The molecule has 0 radical (unpaired) electrons. The van der Waals surface area contributed by atoms with E-state index in [-0.39, 0.29) is 10.5 Å². The van der Waals surface area contributed by atoms with Gasteiger partial charge in [0, 0.05) is 0 Å². The van der Waals surface area contributed by atoms with Gasteiger partial charge in [-0.05, 0) is 0 Å². The summed E-state index contributed by atoms with van der Waals surface area (Å²) in [7, 11) is 0. The Labute approximate surface area is 150 Å². The minimum absolute atomic E-state index is 0.209. The van der Waals surface area contributed by atoms with Crippen molar-refractivity contribution >= 4 is 32.8 Å². The molecule has 1 atom stereocenters. The zero-order valence-corrected chi connectivity index (χ0v) is 17.0. The van der Waals surface area contributed by atoms with E-state index in [9.17, 15) is 4.79 Å². The Bertz CT molecular complexity index is 686. The van der Waals surface area contributed by atoms with Crippen LogP contribution in [0.3, 0.4) is 0 Å². The van der Waals surface area contributed by atoms with Crippen molar-refractivity contribution in [3.63, 3.8) is 0 Å². The third kappa shape index (κ3) is 3.27. The molecule has 3 aromatic rings. The molecule has 0 amide bonds. The molecule has 0 N–H and O–H groups in total. The van der Waals surface area contributed by atoms with Gasteiger partial charge in [0.15, 0.2) is 0 Å². The van der Waals surface area contributed by atoms with Gasteiger partial charge in [-0.25, -0.2) is 0 Å². The van der Waals surface area contributed by atoms with Crippen LogP contribution in [0.4, 0.5) is 0 Å². The SMILES string of the molecule is CC(=O)CC[CH](C(C)C)[Ge]([c]1ccco1)([c]1ccco1)[c]1ccco1. The van der Waals surface area contributed by atoms with Crippen LogP contribution in [-0.4, -0.2) is 19.0 Å². The Morgan fingerprint density at radius 1 is 0.920 bits per heavy atom. The molecule has 0 aromatic carbocycles. The standard InChI is InChI=1S/C20H24GeO4/c1-15(2)17(11-10-16(3)22)21(18-7-4-12-23-18,19-8-5-13-24-19)20-9-6-14-25-20/h4-9,12-15,17H,10-11H2,1-3H3. The predicted molar refractivity (Wildman–Crippen MR) is 99.3 cm³/mol. The average molecular weight is 401 g/mol. The number of ketones is 1. The maximum absolute atomic E-state index is 11.7. The number of carbonyl (C=O) groups is 1. The average Bonchev–Trinajstić information content (AvgIpc) is 3.35. The van der Waals surface area contributed by atoms with E-state index in [0.29, 0.717) is 12.3 Å². The topological polar surface area (TPSA) is 56.5 Å². The fraction of sp³-hybridized carbons (Fsp3) is 0.350. The summed E-state index contributed by atoms with van der Waals surface area (Å²) >= 11 is -3.37. The van der Waals surface area contributed by atoms with Gasteiger partial charge in [-0.3, -0.25) is 0 Å². The van der Waals surface area contributed by atoms with Crippen LogP contribution in [0, 0.1) is 5.92 Å². The van der Waals surface area contributed by atoms with E-state index in [0.717, 1.165) is 20.2 Å². The normalized spacial score (nSPS) is 13.3. The summed E-state index contributed by atoms with van der Waals surface area (Å²) in [5, 5.41) is 0. The number of hydrogen-bond acceptors (Lipinski definition) is 4. The van der Waals surface area contributed by atoms with E-state index in [1.54, 1.807) is 25.7 Å². The molecular formula is C20H24GeO4. The Balaban J connectivity index is 2.24. The van der Waals surface area contributed by atoms with Crippen molar-refractivity contribution in [1.82, 2.24) is 0 Å². The van der Waals surface area contributed by atoms with Gasteiger partial charge >= 0.3 is 150 Å². The van der Waals surface area contributed by atoms with Gasteiger partial charge in [0.25, 0.3) is 0 Å². The van der Waals surface area contributed by atoms with E-state index in [1.165, 1.54) is 0 Å². The van der Waals surface area contributed by atoms with Crippen molar-refractivity contribution < 1.29 is 18.0 Å². The molecule has 132 valence electrons. The number of carbonyl (C=O) groups excluding carboxylic acids is 1. The third-order valence-corrected chi connectivity index (χ3v) is 15.9. The Morgan fingerprint density at radius 3 is 1.64 bits per heavy atom. The second kappa shape index (κ2) is 7.52. The summed E-state index contributed by atoms with van der Waals surface area (Å²) in [4.78, 5) is 11.7. The second-order valence-corrected chi connectivity index (χ2v) is 14.9. The second-order valence-electron chi connectivity index (χ2n) is 6.83. The monoisotopic (exact) mass is 402 g/mol. The van der Waals surface area contributed by atoms with Crippen LogP contribution in [0.2, 0.25) is 4.75 Å². The van der Waals surface area contributed by atoms with Gasteiger partial charge in [-0.1, -0.05) is 0 Å². The first kappa shape index (κ1) is 17.9. The fourth-order valence-electron chi connectivity index (χ4n) is 3.83. The van der Waals surface area contributed by atoms with Crippen molar-refractivity contribution in [2.45, 2.75) is 38.4 Å². The fourth-order valence-corrected chi connectivity index (χ4v) is 14.8. The van der Waals surface area contributed by atoms with Crippen LogP contribution in [0.1, 0.15) is 33.6 Å². The van der Waals surface area contributed by atoms with Crippen molar-refractivity contribution in [3.8, 4) is 0 Å². The van der Waals surface area contributed by atoms with Gasteiger partial charge in [0.1, 0.15) is 0 Å². The number of hydrogen-bond donors (Lipinski definition) is 0. The van der Waals surface area contributed by atoms with Crippen molar-refractivity contribution in [2.75, 3.05) is 0 Å². The molecule has 3 heterocycles.